The Morgan fingerprint density at radius 3 is 2.91 bits per heavy atom. The second-order valence-corrected chi connectivity index (χ2v) is 5.68. The van der Waals surface area contributed by atoms with E-state index in [1.165, 1.54) is 11.1 Å². The van der Waals surface area contributed by atoms with E-state index < -0.39 is 0 Å². The summed E-state index contributed by atoms with van der Waals surface area (Å²) in [6, 6.07) is 4.16. The second kappa shape index (κ2) is 9.15. The van der Waals surface area contributed by atoms with Gasteiger partial charge in [0, 0.05) is 51.0 Å². The quantitative estimate of drug-likeness (QED) is 0.664. The van der Waals surface area contributed by atoms with E-state index in [1.54, 1.807) is 0 Å². The van der Waals surface area contributed by atoms with E-state index in [1.807, 2.05) is 37.2 Å². The maximum atomic E-state index is 4.22. The standard InChI is InChI=1S/C18H26N4/c1-3-6-17(2)14-22(15-18-7-4-8-19-13-18)11-5-10-21-12-9-20-16-21/h4,6-9,12-13,16H,3,5,10-11,14-15H2,1-2H3. The van der Waals surface area contributed by atoms with Gasteiger partial charge in [0.25, 0.3) is 0 Å². The summed E-state index contributed by atoms with van der Waals surface area (Å²) in [5.41, 5.74) is 2.71. The number of nitrogens with zero attached hydrogens (tertiary/aromatic N) is 4. The Bertz CT molecular complexity index is 546. The van der Waals surface area contributed by atoms with Gasteiger partial charge in [0.05, 0.1) is 6.33 Å². The van der Waals surface area contributed by atoms with Crippen LogP contribution < -0.4 is 0 Å². The number of allylic oxidation sites excluding steroid dienone is 1. The Morgan fingerprint density at radius 2 is 2.23 bits per heavy atom. The minimum atomic E-state index is 0.951. The van der Waals surface area contributed by atoms with Crippen molar-refractivity contribution in [2.45, 2.75) is 39.8 Å². The number of hydrogen-bond acceptors (Lipinski definition) is 3. The number of rotatable bonds is 9. The molecule has 2 aromatic heterocycles. The third kappa shape index (κ3) is 5.82. The molecule has 0 radical (unpaired) electrons. The van der Waals surface area contributed by atoms with Gasteiger partial charge in [0.15, 0.2) is 0 Å². The molecule has 0 atom stereocenters. The molecule has 2 aromatic rings. The lowest BCUT2D eigenvalue weighted by molar-refractivity contribution is 0.277. The summed E-state index contributed by atoms with van der Waals surface area (Å²) in [6.45, 7) is 8.46. The summed E-state index contributed by atoms with van der Waals surface area (Å²) < 4.78 is 2.14. The first-order valence-corrected chi connectivity index (χ1v) is 8.00. The van der Waals surface area contributed by atoms with Crippen molar-refractivity contribution in [3.05, 3.63) is 60.5 Å². The van der Waals surface area contributed by atoms with E-state index in [2.05, 4.69) is 45.4 Å². The molecule has 4 heteroatoms. The topological polar surface area (TPSA) is 34.0 Å². The summed E-state index contributed by atoms with van der Waals surface area (Å²) >= 11 is 0. The van der Waals surface area contributed by atoms with Crippen molar-refractivity contribution < 1.29 is 0 Å². The minimum absolute atomic E-state index is 0.951. The highest BCUT2D eigenvalue weighted by Gasteiger charge is 2.07. The van der Waals surface area contributed by atoms with Gasteiger partial charge < -0.3 is 4.57 Å². The van der Waals surface area contributed by atoms with Crippen LogP contribution in [-0.2, 0) is 13.1 Å². The Kier molecular flexibility index (Phi) is 6.84. The van der Waals surface area contributed by atoms with Crippen molar-refractivity contribution in [2.75, 3.05) is 13.1 Å². The van der Waals surface area contributed by atoms with E-state index in [-0.39, 0.29) is 0 Å². The van der Waals surface area contributed by atoms with Crippen molar-refractivity contribution in [1.82, 2.24) is 19.4 Å². The largest absolute Gasteiger partial charge is 0.337 e. The van der Waals surface area contributed by atoms with E-state index in [9.17, 15) is 0 Å². The van der Waals surface area contributed by atoms with Crippen LogP contribution in [0.5, 0.6) is 0 Å². The Balaban J connectivity index is 1.90. The molecule has 0 unspecified atom stereocenters. The van der Waals surface area contributed by atoms with Gasteiger partial charge in [-0.2, -0.15) is 0 Å². The summed E-state index contributed by atoms with van der Waals surface area (Å²) in [4.78, 5) is 10.8. The predicted octanol–water partition coefficient (Wildman–Crippen LogP) is 3.53. The molecular weight excluding hydrogens is 272 g/mol. The number of hydrogen-bond donors (Lipinski definition) is 0. The molecule has 2 rings (SSSR count). The van der Waals surface area contributed by atoms with E-state index >= 15 is 0 Å². The fourth-order valence-corrected chi connectivity index (χ4v) is 2.63. The van der Waals surface area contributed by atoms with Crippen LogP contribution >= 0.6 is 0 Å². The van der Waals surface area contributed by atoms with Crippen molar-refractivity contribution in [3.63, 3.8) is 0 Å². The molecule has 0 aromatic carbocycles. The molecule has 118 valence electrons. The summed E-state index contributed by atoms with van der Waals surface area (Å²) in [5, 5.41) is 0. The van der Waals surface area contributed by atoms with Gasteiger partial charge in [-0.25, -0.2) is 4.98 Å². The fourth-order valence-electron chi connectivity index (χ4n) is 2.63. The van der Waals surface area contributed by atoms with Crippen LogP contribution in [0, 0.1) is 0 Å². The van der Waals surface area contributed by atoms with Crippen molar-refractivity contribution in [2.24, 2.45) is 0 Å². The third-order valence-corrected chi connectivity index (χ3v) is 3.60. The summed E-state index contributed by atoms with van der Waals surface area (Å²) in [7, 11) is 0. The predicted molar refractivity (Wildman–Crippen MR) is 90.4 cm³/mol. The van der Waals surface area contributed by atoms with Crippen LogP contribution in [0.1, 0.15) is 32.3 Å². The molecule has 0 aliphatic rings. The average Bonchev–Trinajstić information content (AvgIpc) is 3.02. The van der Waals surface area contributed by atoms with Gasteiger partial charge in [0.1, 0.15) is 0 Å². The highest BCUT2D eigenvalue weighted by molar-refractivity contribution is 5.09. The molecule has 0 aliphatic carbocycles. The lowest BCUT2D eigenvalue weighted by Crippen LogP contribution is -2.27. The molecule has 0 saturated carbocycles. The zero-order valence-corrected chi connectivity index (χ0v) is 13.7. The Morgan fingerprint density at radius 1 is 1.32 bits per heavy atom. The number of aromatic nitrogens is 3. The molecule has 0 aliphatic heterocycles. The molecule has 22 heavy (non-hydrogen) atoms. The number of imidazole rings is 1. The smallest absolute Gasteiger partial charge is 0.0945 e. The highest BCUT2D eigenvalue weighted by Crippen LogP contribution is 2.08. The van der Waals surface area contributed by atoms with Gasteiger partial charge in [-0.3, -0.25) is 9.88 Å². The van der Waals surface area contributed by atoms with Gasteiger partial charge in [-0.05, 0) is 31.4 Å². The third-order valence-electron chi connectivity index (χ3n) is 3.60. The van der Waals surface area contributed by atoms with Crippen LogP contribution in [0.3, 0.4) is 0 Å². The van der Waals surface area contributed by atoms with Crippen molar-refractivity contribution >= 4 is 0 Å². The molecule has 0 spiro atoms. The molecule has 0 bridgehead atoms. The zero-order valence-electron chi connectivity index (χ0n) is 13.7. The van der Waals surface area contributed by atoms with Crippen LogP contribution in [-0.4, -0.2) is 32.5 Å². The molecule has 0 saturated heterocycles. The molecule has 0 amide bonds. The van der Waals surface area contributed by atoms with Crippen molar-refractivity contribution in [3.8, 4) is 0 Å². The molecule has 2 heterocycles. The molecular formula is C18H26N4. The Labute approximate surface area is 133 Å². The first kappa shape index (κ1) is 16.4. The normalized spacial score (nSPS) is 12.0. The maximum Gasteiger partial charge on any atom is 0.0945 e. The zero-order chi connectivity index (χ0) is 15.6. The van der Waals surface area contributed by atoms with E-state index in [0.717, 1.165) is 39.0 Å². The van der Waals surface area contributed by atoms with E-state index in [0.29, 0.717) is 0 Å². The molecule has 0 N–H and O–H groups in total. The average molecular weight is 298 g/mol. The Hall–Kier alpha value is -1.94. The van der Waals surface area contributed by atoms with Gasteiger partial charge >= 0.3 is 0 Å². The summed E-state index contributed by atoms with van der Waals surface area (Å²) in [5.74, 6) is 0. The SMILES string of the molecule is CCC=C(C)CN(CCCn1ccnc1)Cc1cccnc1. The summed E-state index contributed by atoms with van der Waals surface area (Å²) in [6.07, 6.45) is 14.1. The number of pyridine rings is 1. The van der Waals surface area contributed by atoms with Crippen LogP contribution in [0.2, 0.25) is 0 Å². The molecule has 0 fully saturated rings. The van der Waals surface area contributed by atoms with Gasteiger partial charge in [-0.1, -0.05) is 24.6 Å². The van der Waals surface area contributed by atoms with Crippen LogP contribution in [0.15, 0.2) is 54.9 Å². The van der Waals surface area contributed by atoms with Crippen LogP contribution in [0.25, 0.3) is 0 Å². The van der Waals surface area contributed by atoms with Gasteiger partial charge in [-0.15, -0.1) is 0 Å². The number of aryl methyl sites for hydroxylation is 1. The highest BCUT2D eigenvalue weighted by atomic mass is 15.1. The first-order chi connectivity index (χ1) is 10.8. The second-order valence-electron chi connectivity index (χ2n) is 5.68. The monoisotopic (exact) mass is 298 g/mol. The van der Waals surface area contributed by atoms with Gasteiger partial charge in [0.2, 0.25) is 0 Å². The first-order valence-electron chi connectivity index (χ1n) is 8.00. The lowest BCUT2D eigenvalue weighted by atomic mass is 10.2. The molecule has 4 nitrogen and oxygen atoms in total. The lowest BCUT2D eigenvalue weighted by Gasteiger charge is -2.23. The minimum Gasteiger partial charge on any atom is -0.337 e. The fraction of sp³-hybridized carbons (Fsp3) is 0.444. The maximum absolute atomic E-state index is 4.22. The van der Waals surface area contributed by atoms with Crippen LogP contribution in [0.4, 0.5) is 0 Å². The van der Waals surface area contributed by atoms with E-state index in [4.69, 9.17) is 0 Å². The van der Waals surface area contributed by atoms with Crippen molar-refractivity contribution in [1.29, 1.82) is 0 Å².